The van der Waals surface area contributed by atoms with Crippen LogP contribution >= 0.6 is 0 Å². The Morgan fingerprint density at radius 1 is 0.952 bits per heavy atom. The third-order valence-corrected chi connectivity index (χ3v) is 2.91. The molecule has 108 valence electrons. The van der Waals surface area contributed by atoms with Crippen molar-refractivity contribution in [2.45, 2.75) is 33.1 Å². The molecule has 2 rings (SSSR count). The van der Waals surface area contributed by atoms with Crippen molar-refractivity contribution in [3.05, 3.63) is 53.6 Å². The van der Waals surface area contributed by atoms with Gasteiger partial charge in [0.2, 0.25) is 5.82 Å². The number of hydrogen-bond acceptors (Lipinski definition) is 3. The number of aromatic nitrogens is 2. The van der Waals surface area contributed by atoms with E-state index < -0.39 is 0 Å². The molecule has 0 spiro atoms. The van der Waals surface area contributed by atoms with Crippen molar-refractivity contribution >= 4 is 0 Å². The summed E-state index contributed by atoms with van der Waals surface area (Å²) in [7, 11) is 0. The molecule has 0 radical (unpaired) electrons. The minimum atomic E-state index is 0.511. The summed E-state index contributed by atoms with van der Waals surface area (Å²) >= 11 is 0. The summed E-state index contributed by atoms with van der Waals surface area (Å²) in [6.45, 7) is 4.92. The fourth-order valence-electron chi connectivity index (χ4n) is 1.85. The van der Waals surface area contributed by atoms with Crippen LogP contribution in [-0.4, -0.2) is 16.6 Å². The standard InChI is InChI=1S/C18H20N2O/c1-3-5-15-6-8-16(9-7-15)10-11-18-19-13-17(14-20-18)21-12-4-2/h6-9,13-14H,3-5,12H2,1-2H3. The van der Waals surface area contributed by atoms with Gasteiger partial charge in [0.15, 0.2) is 5.75 Å². The molecule has 0 bridgehead atoms. The van der Waals surface area contributed by atoms with Gasteiger partial charge >= 0.3 is 0 Å². The van der Waals surface area contributed by atoms with Crippen LogP contribution in [0.1, 0.15) is 43.6 Å². The topological polar surface area (TPSA) is 35.0 Å². The Hall–Kier alpha value is -2.34. The smallest absolute Gasteiger partial charge is 0.205 e. The normalized spacial score (nSPS) is 9.81. The van der Waals surface area contributed by atoms with Crippen molar-refractivity contribution in [2.75, 3.05) is 6.61 Å². The van der Waals surface area contributed by atoms with Gasteiger partial charge in [0.05, 0.1) is 19.0 Å². The first-order chi connectivity index (χ1) is 10.3. The quantitative estimate of drug-likeness (QED) is 0.785. The van der Waals surface area contributed by atoms with Crippen molar-refractivity contribution in [3.63, 3.8) is 0 Å². The van der Waals surface area contributed by atoms with Crippen LogP contribution in [0.4, 0.5) is 0 Å². The molecule has 0 N–H and O–H groups in total. The molecule has 0 fully saturated rings. The number of ether oxygens (including phenoxy) is 1. The van der Waals surface area contributed by atoms with E-state index in [-0.39, 0.29) is 0 Å². The Balaban J connectivity index is 2.01. The molecule has 1 aromatic carbocycles. The number of nitrogens with zero attached hydrogens (tertiary/aromatic N) is 2. The molecular weight excluding hydrogens is 260 g/mol. The highest BCUT2D eigenvalue weighted by atomic mass is 16.5. The first kappa shape index (κ1) is 15.1. The lowest BCUT2D eigenvalue weighted by atomic mass is 10.1. The Bertz CT molecular complexity index is 606. The Morgan fingerprint density at radius 3 is 2.29 bits per heavy atom. The predicted molar refractivity (Wildman–Crippen MR) is 84.2 cm³/mol. The van der Waals surface area contributed by atoms with Crippen LogP contribution in [-0.2, 0) is 6.42 Å². The van der Waals surface area contributed by atoms with Gasteiger partial charge in [-0.05, 0) is 36.5 Å². The average Bonchev–Trinajstić information content (AvgIpc) is 2.53. The monoisotopic (exact) mass is 280 g/mol. The lowest BCUT2D eigenvalue weighted by Crippen LogP contribution is -1.97. The first-order valence-electron chi connectivity index (χ1n) is 7.37. The van der Waals surface area contributed by atoms with Gasteiger partial charge < -0.3 is 4.74 Å². The lowest BCUT2D eigenvalue weighted by molar-refractivity contribution is 0.314. The van der Waals surface area contributed by atoms with Gasteiger partial charge in [0, 0.05) is 5.56 Å². The zero-order chi connectivity index (χ0) is 14.9. The molecule has 0 saturated carbocycles. The molecule has 0 aliphatic rings. The highest BCUT2D eigenvalue weighted by Gasteiger charge is 1.95. The van der Waals surface area contributed by atoms with E-state index >= 15 is 0 Å². The van der Waals surface area contributed by atoms with Crippen LogP contribution in [0.2, 0.25) is 0 Å². The van der Waals surface area contributed by atoms with Crippen LogP contribution in [0.15, 0.2) is 36.7 Å². The van der Waals surface area contributed by atoms with E-state index in [1.54, 1.807) is 12.4 Å². The van der Waals surface area contributed by atoms with Crippen LogP contribution in [0.5, 0.6) is 5.75 Å². The second-order valence-corrected chi connectivity index (χ2v) is 4.79. The summed E-state index contributed by atoms with van der Waals surface area (Å²) in [5.41, 5.74) is 2.32. The van der Waals surface area contributed by atoms with Crippen molar-refractivity contribution in [1.82, 2.24) is 9.97 Å². The Labute approximate surface area is 126 Å². The maximum atomic E-state index is 5.44. The van der Waals surface area contributed by atoms with Crippen molar-refractivity contribution in [1.29, 1.82) is 0 Å². The highest BCUT2D eigenvalue weighted by Crippen LogP contribution is 2.07. The zero-order valence-corrected chi connectivity index (χ0v) is 12.6. The van der Waals surface area contributed by atoms with Gasteiger partial charge in [-0.15, -0.1) is 0 Å². The van der Waals surface area contributed by atoms with E-state index in [1.807, 2.05) is 12.1 Å². The third-order valence-electron chi connectivity index (χ3n) is 2.91. The Kier molecular flexibility index (Phi) is 5.78. The van der Waals surface area contributed by atoms with E-state index in [2.05, 4.69) is 47.8 Å². The minimum Gasteiger partial charge on any atom is -0.490 e. The summed E-state index contributed by atoms with van der Waals surface area (Å²) in [6.07, 6.45) is 6.56. The second kappa shape index (κ2) is 8.06. The van der Waals surface area contributed by atoms with Gasteiger partial charge in [0.1, 0.15) is 0 Å². The van der Waals surface area contributed by atoms with Crippen molar-refractivity contribution in [3.8, 4) is 17.6 Å². The summed E-state index contributed by atoms with van der Waals surface area (Å²) in [5.74, 6) is 7.24. The number of aryl methyl sites for hydroxylation is 1. The molecule has 0 aliphatic carbocycles. The van der Waals surface area contributed by atoms with Gasteiger partial charge in [-0.25, -0.2) is 9.97 Å². The number of benzene rings is 1. The average molecular weight is 280 g/mol. The molecule has 1 aromatic heterocycles. The Morgan fingerprint density at radius 2 is 1.67 bits per heavy atom. The molecular formula is C18H20N2O. The van der Waals surface area contributed by atoms with Gasteiger partial charge in [-0.2, -0.15) is 0 Å². The SMILES string of the molecule is CCCOc1cnc(C#Cc2ccc(CCC)cc2)nc1. The van der Waals surface area contributed by atoms with E-state index in [4.69, 9.17) is 4.74 Å². The molecule has 2 aromatic rings. The number of hydrogen-bond donors (Lipinski definition) is 0. The van der Waals surface area contributed by atoms with Crippen LogP contribution in [0.3, 0.4) is 0 Å². The van der Waals surface area contributed by atoms with Crippen LogP contribution in [0.25, 0.3) is 0 Å². The summed E-state index contributed by atoms with van der Waals surface area (Å²) < 4.78 is 5.44. The molecule has 0 saturated heterocycles. The maximum Gasteiger partial charge on any atom is 0.205 e. The summed E-state index contributed by atoms with van der Waals surface area (Å²) in [4.78, 5) is 8.37. The fraction of sp³-hybridized carbons (Fsp3) is 0.333. The summed E-state index contributed by atoms with van der Waals surface area (Å²) in [6, 6.07) is 8.32. The maximum absolute atomic E-state index is 5.44. The molecule has 21 heavy (non-hydrogen) atoms. The van der Waals surface area contributed by atoms with Gasteiger partial charge in [-0.3, -0.25) is 0 Å². The molecule has 3 nitrogen and oxygen atoms in total. The predicted octanol–water partition coefficient (Wildman–Crippen LogP) is 3.62. The lowest BCUT2D eigenvalue weighted by Gasteiger charge is -2.01. The molecule has 0 unspecified atom stereocenters. The molecule has 0 amide bonds. The van der Waals surface area contributed by atoms with E-state index in [1.165, 1.54) is 5.56 Å². The molecule has 3 heteroatoms. The zero-order valence-electron chi connectivity index (χ0n) is 12.6. The molecule has 0 atom stereocenters. The summed E-state index contributed by atoms with van der Waals surface area (Å²) in [5, 5.41) is 0. The fourth-order valence-corrected chi connectivity index (χ4v) is 1.85. The highest BCUT2D eigenvalue weighted by molar-refractivity contribution is 5.39. The van der Waals surface area contributed by atoms with Gasteiger partial charge in [0.25, 0.3) is 0 Å². The van der Waals surface area contributed by atoms with E-state index in [9.17, 15) is 0 Å². The molecule has 0 aliphatic heterocycles. The number of rotatable bonds is 5. The van der Waals surface area contributed by atoms with Crippen molar-refractivity contribution in [2.24, 2.45) is 0 Å². The van der Waals surface area contributed by atoms with Crippen molar-refractivity contribution < 1.29 is 4.74 Å². The van der Waals surface area contributed by atoms with Crippen LogP contribution in [0, 0.1) is 11.8 Å². The largest absolute Gasteiger partial charge is 0.490 e. The van der Waals surface area contributed by atoms with Gasteiger partial charge in [-0.1, -0.05) is 38.3 Å². The minimum absolute atomic E-state index is 0.511. The third kappa shape index (κ3) is 4.92. The first-order valence-corrected chi connectivity index (χ1v) is 7.37. The second-order valence-electron chi connectivity index (χ2n) is 4.79. The van der Waals surface area contributed by atoms with Crippen LogP contribution < -0.4 is 4.74 Å². The van der Waals surface area contributed by atoms with E-state index in [0.717, 1.165) is 24.8 Å². The van der Waals surface area contributed by atoms with E-state index in [0.29, 0.717) is 18.2 Å². The molecule has 1 heterocycles.